The third-order valence-electron chi connectivity index (χ3n) is 7.06. The molecule has 4 aromatic rings. The van der Waals surface area contributed by atoms with Crippen molar-refractivity contribution in [3.8, 4) is 0 Å². The third-order valence-corrected chi connectivity index (χ3v) is 22.4. The maximum absolute atomic E-state index is 6.17. The SMILES string of the molecule is CCC[CH2][Sn]([CH2]CCC)([CH2]CCC)[c]1ccnn1OCc1ccccc1.c1ccc(COn2cccn2)cc1. The first kappa shape index (κ1) is 30.8. The van der Waals surface area contributed by atoms with E-state index >= 15 is 0 Å². The van der Waals surface area contributed by atoms with Crippen molar-refractivity contribution in [3.63, 3.8) is 0 Å². The molecule has 2 heterocycles. The summed E-state index contributed by atoms with van der Waals surface area (Å²) in [6.07, 6.45) is 13.3. The quantitative estimate of drug-likeness (QED) is 0.123. The number of hydrogen-bond acceptors (Lipinski definition) is 4. The fraction of sp³-hybridized carbons (Fsp3) is 0.438. The van der Waals surface area contributed by atoms with Crippen LogP contribution in [0.25, 0.3) is 0 Å². The summed E-state index contributed by atoms with van der Waals surface area (Å²) in [6, 6.07) is 24.5. The van der Waals surface area contributed by atoms with Gasteiger partial charge in [0, 0.05) is 0 Å². The van der Waals surface area contributed by atoms with Gasteiger partial charge in [-0.3, -0.25) is 0 Å². The van der Waals surface area contributed by atoms with Gasteiger partial charge in [0.05, 0.1) is 12.4 Å². The standard InChI is InChI=1S/C10H10N2O.C10H9N2O.3C4H9.Sn/c2*1-2-5-10(6-3-1)9-13-12-8-4-7-11-12;3*1-3-4-2;/h1-8H,9H2;1-7H,9H2;3*1,3-4H2,2H3;. The minimum atomic E-state index is -2.50. The van der Waals surface area contributed by atoms with Gasteiger partial charge >= 0.3 is 164 Å². The average Bonchev–Trinajstić information content (AvgIpc) is 3.69. The largest absolute Gasteiger partial charge is 0.392 e. The molecule has 0 unspecified atom stereocenters. The van der Waals surface area contributed by atoms with E-state index in [1.807, 2.05) is 53.5 Å². The fourth-order valence-electron chi connectivity index (χ4n) is 4.83. The molecule has 2 aromatic carbocycles. The Balaban J connectivity index is 0.000000268. The van der Waals surface area contributed by atoms with E-state index in [1.165, 1.54) is 66.0 Å². The predicted molar refractivity (Wildman–Crippen MR) is 162 cm³/mol. The van der Waals surface area contributed by atoms with Gasteiger partial charge in [0.25, 0.3) is 0 Å². The minimum absolute atomic E-state index is 0.544. The molecule has 7 heteroatoms. The summed E-state index contributed by atoms with van der Waals surface area (Å²) in [4.78, 5) is 14.9. The summed E-state index contributed by atoms with van der Waals surface area (Å²) < 4.78 is 5.79. The number of rotatable bonds is 16. The molecule has 0 saturated carbocycles. The van der Waals surface area contributed by atoms with E-state index < -0.39 is 18.4 Å². The molecule has 0 aliphatic heterocycles. The maximum Gasteiger partial charge on any atom is 0.142 e. The van der Waals surface area contributed by atoms with Gasteiger partial charge in [0.2, 0.25) is 0 Å². The van der Waals surface area contributed by atoms with Gasteiger partial charge in [0.1, 0.15) is 6.61 Å². The molecule has 4 rings (SSSR count). The van der Waals surface area contributed by atoms with Crippen molar-refractivity contribution in [2.75, 3.05) is 0 Å². The van der Waals surface area contributed by atoms with Gasteiger partial charge in [-0.1, -0.05) is 30.3 Å². The summed E-state index contributed by atoms with van der Waals surface area (Å²) in [6.45, 7) is 8.09. The molecule has 0 atom stereocenters. The molecule has 39 heavy (non-hydrogen) atoms. The molecule has 0 aliphatic rings. The van der Waals surface area contributed by atoms with Gasteiger partial charge in [-0.15, -0.1) is 9.94 Å². The van der Waals surface area contributed by atoms with Crippen LogP contribution in [0.2, 0.25) is 13.3 Å². The Morgan fingerprint density at radius 1 is 0.615 bits per heavy atom. The molecule has 0 fully saturated rings. The Morgan fingerprint density at radius 3 is 1.64 bits per heavy atom. The van der Waals surface area contributed by atoms with Crippen LogP contribution >= 0.6 is 0 Å². The monoisotopic (exact) mass is 638 g/mol. The molecule has 210 valence electrons. The topological polar surface area (TPSA) is 54.1 Å². The molecule has 0 aliphatic carbocycles. The summed E-state index contributed by atoms with van der Waals surface area (Å²) >= 11 is -2.50. The van der Waals surface area contributed by atoms with E-state index in [4.69, 9.17) is 9.68 Å². The van der Waals surface area contributed by atoms with E-state index in [9.17, 15) is 0 Å². The number of unbranched alkanes of at least 4 members (excludes halogenated alkanes) is 3. The molecule has 0 saturated heterocycles. The van der Waals surface area contributed by atoms with Crippen molar-refractivity contribution in [1.29, 1.82) is 0 Å². The number of nitrogens with zero attached hydrogens (tertiary/aromatic N) is 4. The Kier molecular flexibility index (Phi) is 14.0. The molecule has 0 bridgehead atoms. The second-order valence-corrected chi connectivity index (χ2v) is 23.2. The maximum atomic E-state index is 6.17. The number of benzene rings is 2. The van der Waals surface area contributed by atoms with Gasteiger partial charge in [-0.05, 0) is 11.6 Å². The Hall–Kier alpha value is -2.74. The smallest absolute Gasteiger partial charge is 0.142 e. The van der Waals surface area contributed by atoms with E-state index in [0.29, 0.717) is 13.2 Å². The molecule has 6 nitrogen and oxygen atoms in total. The van der Waals surface area contributed by atoms with Crippen LogP contribution in [0.5, 0.6) is 0 Å². The van der Waals surface area contributed by atoms with Gasteiger partial charge in [-0.2, -0.15) is 0 Å². The van der Waals surface area contributed by atoms with Crippen molar-refractivity contribution in [1.82, 2.24) is 19.9 Å². The van der Waals surface area contributed by atoms with Crippen molar-refractivity contribution < 1.29 is 9.68 Å². The fourth-order valence-corrected chi connectivity index (χ4v) is 20.7. The van der Waals surface area contributed by atoms with E-state index in [2.05, 4.69) is 61.3 Å². The number of aromatic nitrogens is 4. The van der Waals surface area contributed by atoms with Crippen LogP contribution in [0.1, 0.15) is 70.4 Å². The summed E-state index contributed by atoms with van der Waals surface area (Å²) in [5, 5.41) is 8.49. The van der Waals surface area contributed by atoms with Gasteiger partial charge in [0.15, 0.2) is 0 Å². The van der Waals surface area contributed by atoms with Crippen LogP contribution in [-0.2, 0) is 13.2 Å². The third kappa shape index (κ3) is 10.4. The molecular formula is C32H46N4O2Sn. The van der Waals surface area contributed by atoms with E-state index in [0.717, 1.165) is 5.56 Å². The van der Waals surface area contributed by atoms with Gasteiger partial charge < -0.3 is 4.84 Å². The number of hydrogen-bond donors (Lipinski definition) is 0. The minimum Gasteiger partial charge on any atom is -0.392 e. The van der Waals surface area contributed by atoms with Crippen LogP contribution in [-0.4, -0.2) is 38.3 Å². The van der Waals surface area contributed by atoms with Crippen LogP contribution < -0.4 is 13.4 Å². The molecule has 0 N–H and O–H groups in total. The van der Waals surface area contributed by atoms with Crippen molar-refractivity contribution in [3.05, 3.63) is 103 Å². The summed E-state index contributed by atoms with van der Waals surface area (Å²) in [5.41, 5.74) is 2.34. The van der Waals surface area contributed by atoms with Crippen LogP contribution in [0.3, 0.4) is 0 Å². The van der Waals surface area contributed by atoms with E-state index in [-0.39, 0.29) is 0 Å². The first-order valence-electron chi connectivity index (χ1n) is 14.6. The molecule has 0 radical (unpaired) electrons. The Morgan fingerprint density at radius 2 is 1.15 bits per heavy atom. The van der Waals surface area contributed by atoms with Gasteiger partial charge in [-0.25, -0.2) is 0 Å². The van der Waals surface area contributed by atoms with Crippen molar-refractivity contribution in [2.45, 2.75) is 85.8 Å². The summed E-state index contributed by atoms with van der Waals surface area (Å²) in [5.74, 6) is 0. The average molecular weight is 637 g/mol. The zero-order valence-electron chi connectivity index (χ0n) is 24.0. The van der Waals surface area contributed by atoms with Crippen LogP contribution in [0.15, 0.2) is 91.4 Å². The first-order chi connectivity index (χ1) is 19.2. The zero-order chi connectivity index (χ0) is 27.6. The first-order valence-corrected chi connectivity index (χ1v) is 22.1. The second kappa shape index (κ2) is 17.8. The van der Waals surface area contributed by atoms with Crippen LogP contribution in [0.4, 0.5) is 0 Å². The van der Waals surface area contributed by atoms with Crippen molar-refractivity contribution >= 4 is 22.1 Å². The van der Waals surface area contributed by atoms with Crippen LogP contribution in [0, 0.1) is 0 Å². The predicted octanol–water partition coefficient (Wildman–Crippen LogP) is 7.08. The van der Waals surface area contributed by atoms with E-state index in [1.54, 1.807) is 12.4 Å². The molecule has 0 spiro atoms. The Bertz CT molecular complexity index is 1110. The normalized spacial score (nSPS) is 11.1. The second-order valence-electron chi connectivity index (χ2n) is 10.1. The Labute approximate surface area is 239 Å². The molecular weight excluding hydrogens is 591 g/mol. The summed E-state index contributed by atoms with van der Waals surface area (Å²) in [7, 11) is 0. The van der Waals surface area contributed by atoms with Crippen molar-refractivity contribution in [2.24, 2.45) is 0 Å². The zero-order valence-corrected chi connectivity index (χ0v) is 26.9. The molecule has 2 aromatic heterocycles. The molecule has 0 amide bonds.